The van der Waals surface area contributed by atoms with Crippen LogP contribution in [-0.2, 0) is 16.6 Å². The zero-order valence-electron chi connectivity index (χ0n) is 13.8. The second-order valence-electron chi connectivity index (χ2n) is 5.98. The second kappa shape index (κ2) is 7.70. The summed E-state index contributed by atoms with van der Waals surface area (Å²) >= 11 is 0. The standard InChI is InChI=1S/C16H24N4O2S/c1-4-10-20-16(7-9-18-20)23(21,22)19-15(11-13(2)3)14-6-5-8-17-12-14/h5-9,12-13,15,19H,4,10-11H2,1-3H3/t15-/m0/s1. The van der Waals surface area contributed by atoms with Crippen molar-refractivity contribution in [2.45, 2.75) is 51.2 Å². The van der Waals surface area contributed by atoms with Crippen LogP contribution in [0.3, 0.4) is 0 Å². The van der Waals surface area contributed by atoms with E-state index in [4.69, 9.17) is 0 Å². The summed E-state index contributed by atoms with van der Waals surface area (Å²) < 4.78 is 29.9. The van der Waals surface area contributed by atoms with Gasteiger partial charge in [0.25, 0.3) is 10.0 Å². The van der Waals surface area contributed by atoms with Crippen molar-refractivity contribution in [2.75, 3.05) is 0 Å². The lowest BCUT2D eigenvalue weighted by atomic mass is 9.99. The van der Waals surface area contributed by atoms with E-state index < -0.39 is 10.0 Å². The first-order chi connectivity index (χ1) is 10.9. The molecule has 7 heteroatoms. The van der Waals surface area contributed by atoms with Gasteiger partial charge in [-0.15, -0.1) is 0 Å². The second-order valence-corrected chi connectivity index (χ2v) is 7.64. The van der Waals surface area contributed by atoms with Crippen LogP contribution in [-0.4, -0.2) is 23.2 Å². The molecule has 2 rings (SSSR count). The monoisotopic (exact) mass is 336 g/mol. The van der Waals surface area contributed by atoms with Gasteiger partial charge in [0, 0.05) is 25.0 Å². The lowest BCUT2D eigenvalue weighted by Gasteiger charge is -2.21. The molecule has 0 spiro atoms. The average Bonchev–Trinajstić information content (AvgIpc) is 2.96. The molecule has 0 fully saturated rings. The molecule has 0 bridgehead atoms. The number of sulfonamides is 1. The van der Waals surface area contributed by atoms with Gasteiger partial charge in [-0.25, -0.2) is 13.1 Å². The lowest BCUT2D eigenvalue weighted by Crippen LogP contribution is -2.31. The predicted octanol–water partition coefficient (Wildman–Crippen LogP) is 2.75. The predicted molar refractivity (Wildman–Crippen MR) is 89.3 cm³/mol. The molecule has 0 unspecified atom stereocenters. The highest BCUT2D eigenvalue weighted by Crippen LogP contribution is 2.23. The molecule has 0 saturated heterocycles. The third kappa shape index (κ3) is 4.62. The zero-order valence-corrected chi connectivity index (χ0v) is 14.6. The van der Waals surface area contributed by atoms with Crippen LogP contribution in [0, 0.1) is 5.92 Å². The summed E-state index contributed by atoms with van der Waals surface area (Å²) in [6.07, 6.45) is 6.43. The van der Waals surface area contributed by atoms with Gasteiger partial charge in [-0.2, -0.15) is 5.10 Å². The van der Waals surface area contributed by atoms with E-state index in [1.54, 1.807) is 12.4 Å². The Labute approximate surface area is 138 Å². The maximum Gasteiger partial charge on any atom is 0.258 e. The molecule has 2 aromatic rings. The molecule has 0 aliphatic heterocycles. The van der Waals surface area contributed by atoms with Gasteiger partial charge in [0.05, 0.1) is 6.20 Å². The van der Waals surface area contributed by atoms with Crippen molar-refractivity contribution < 1.29 is 8.42 Å². The summed E-state index contributed by atoms with van der Waals surface area (Å²) in [6.45, 7) is 6.70. The van der Waals surface area contributed by atoms with Crippen molar-refractivity contribution in [3.63, 3.8) is 0 Å². The molecule has 6 nitrogen and oxygen atoms in total. The van der Waals surface area contributed by atoms with E-state index in [0.29, 0.717) is 18.9 Å². The number of rotatable bonds is 8. The summed E-state index contributed by atoms with van der Waals surface area (Å²) in [7, 11) is -3.64. The molecule has 2 heterocycles. The fraction of sp³-hybridized carbons (Fsp3) is 0.500. The van der Waals surface area contributed by atoms with Crippen molar-refractivity contribution in [1.82, 2.24) is 19.5 Å². The summed E-state index contributed by atoms with van der Waals surface area (Å²) in [5.74, 6) is 0.350. The highest BCUT2D eigenvalue weighted by atomic mass is 32.2. The van der Waals surface area contributed by atoms with Crippen LogP contribution in [0.4, 0.5) is 0 Å². The third-order valence-electron chi connectivity index (χ3n) is 3.48. The minimum absolute atomic E-state index is 0.206. The number of hydrogen-bond donors (Lipinski definition) is 1. The Hall–Kier alpha value is -1.73. The number of aryl methyl sites for hydroxylation is 1. The number of nitrogens with one attached hydrogen (secondary N) is 1. The number of aromatic nitrogens is 3. The largest absolute Gasteiger partial charge is 0.264 e. The first-order valence-electron chi connectivity index (χ1n) is 7.88. The van der Waals surface area contributed by atoms with Crippen molar-refractivity contribution in [3.8, 4) is 0 Å². The van der Waals surface area contributed by atoms with E-state index in [9.17, 15) is 8.42 Å². The van der Waals surface area contributed by atoms with Gasteiger partial charge >= 0.3 is 0 Å². The summed E-state index contributed by atoms with van der Waals surface area (Å²) in [5.41, 5.74) is 0.867. The zero-order chi connectivity index (χ0) is 16.9. The van der Waals surface area contributed by atoms with Crippen LogP contribution in [0.5, 0.6) is 0 Å². The molecule has 0 aliphatic carbocycles. The van der Waals surface area contributed by atoms with Crippen molar-refractivity contribution >= 4 is 10.0 Å². The molecule has 23 heavy (non-hydrogen) atoms. The number of nitrogens with zero attached hydrogens (tertiary/aromatic N) is 3. The first-order valence-corrected chi connectivity index (χ1v) is 9.36. The minimum Gasteiger partial charge on any atom is -0.264 e. The molecule has 0 saturated carbocycles. The van der Waals surface area contributed by atoms with Crippen LogP contribution in [0.15, 0.2) is 41.8 Å². The quantitative estimate of drug-likeness (QED) is 0.804. The van der Waals surface area contributed by atoms with E-state index in [1.807, 2.05) is 19.1 Å². The van der Waals surface area contributed by atoms with E-state index in [1.165, 1.54) is 16.9 Å². The maximum atomic E-state index is 12.8. The Balaban J connectivity index is 2.29. The molecule has 1 N–H and O–H groups in total. The minimum atomic E-state index is -3.64. The maximum absolute atomic E-state index is 12.8. The number of pyridine rings is 1. The van der Waals surface area contributed by atoms with Crippen molar-refractivity contribution in [2.24, 2.45) is 5.92 Å². The van der Waals surface area contributed by atoms with Gasteiger partial charge in [0.1, 0.15) is 0 Å². The first kappa shape index (κ1) is 17.6. The molecular formula is C16H24N4O2S. The van der Waals surface area contributed by atoms with Gasteiger partial charge in [0.2, 0.25) is 0 Å². The SMILES string of the molecule is CCCn1nccc1S(=O)(=O)N[C@@H](CC(C)C)c1cccnc1. The number of hydrogen-bond acceptors (Lipinski definition) is 4. The Morgan fingerprint density at radius 2 is 2.04 bits per heavy atom. The highest BCUT2D eigenvalue weighted by Gasteiger charge is 2.25. The topological polar surface area (TPSA) is 76.9 Å². The van der Waals surface area contributed by atoms with Crippen LogP contribution in [0.2, 0.25) is 0 Å². The Kier molecular flexibility index (Phi) is 5.90. The Morgan fingerprint density at radius 1 is 1.26 bits per heavy atom. The van der Waals surface area contributed by atoms with Crippen LogP contribution >= 0.6 is 0 Å². The van der Waals surface area contributed by atoms with E-state index >= 15 is 0 Å². The van der Waals surface area contributed by atoms with Gasteiger partial charge in [0.15, 0.2) is 5.03 Å². The van der Waals surface area contributed by atoms with Gasteiger partial charge < -0.3 is 0 Å². The lowest BCUT2D eigenvalue weighted by molar-refractivity contribution is 0.464. The normalized spacial score (nSPS) is 13.4. The fourth-order valence-electron chi connectivity index (χ4n) is 2.48. The smallest absolute Gasteiger partial charge is 0.258 e. The molecule has 0 radical (unpaired) electrons. The van der Waals surface area contributed by atoms with E-state index in [-0.39, 0.29) is 11.1 Å². The third-order valence-corrected chi connectivity index (χ3v) is 4.97. The van der Waals surface area contributed by atoms with Crippen LogP contribution < -0.4 is 4.72 Å². The van der Waals surface area contributed by atoms with E-state index in [0.717, 1.165) is 12.0 Å². The summed E-state index contributed by atoms with van der Waals surface area (Å²) in [5, 5.41) is 4.30. The molecule has 126 valence electrons. The summed E-state index contributed by atoms with van der Waals surface area (Å²) in [6, 6.07) is 4.94. The Bertz CT molecular complexity index is 711. The summed E-state index contributed by atoms with van der Waals surface area (Å²) in [4.78, 5) is 4.10. The molecule has 0 aliphatic rings. The van der Waals surface area contributed by atoms with Gasteiger partial charge in [-0.1, -0.05) is 26.8 Å². The molecule has 2 aromatic heterocycles. The van der Waals surface area contributed by atoms with Crippen molar-refractivity contribution in [3.05, 3.63) is 42.4 Å². The molecule has 0 amide bonds. The molecular weight excluding hydrogens is 312 g/mol. The van der Waals surface area contributed by atoms with Crippen molar-refractivity contribution in [1.29, 1.82) is 0 Å². The average molecular weight is 336 g/mol. The highest BCUT2D eigenvalue weighted by molar-refractivity contribution is 7.89. The van der Waals surface area contributed by atoms with Gasteiger partial charge in [-0.05, 0) is 36.5 Å². The fourth-order valence-corrected chi connectivity index (χ4v) is 3.87. The van der Waals surface area contributed by atoms with Crippen LogP contribution in [0.1, 0.15) is 45.2 Å². The van der Waals surface area contributed by atoms with Crippen LogP contribution in [0.25, 0.3) is 0 Å². The molecule has 1 atom stereocenters. The van der Waals surface area contributed by atoms with E-state index in [2.05, 4.69) is 28.7 Å². The Morgan fingerprint density at radius 3 is 2.65 bits per heavy atom. The van der Waals surface area contributed by atoms with Gasteiger partial charge in [-0.3, -0.25) is 9.67 Å². The molecule has 0 aromatic carbocycles.